The Morgan fingerprint density at radius 1 is 1.53 bits per heavy atom. The first-order valence-electron chi connectivity index (χ1n) is 5.42. The van der Waals surface area contributed by atoms with Crippen LogP contribution in [-0.2, 0) is 23.3 Å². The molecule has 0 bridgehead atoms. The van der Waals surface area contributed by atoms with E-state index in [2.05, 4.69) is 9.61 Å². The van der Waals surface area contributed by atoms with Crippen molar-refractivity contribution in [1.29, 1.82) is 0 Å². The lowest BCUT2D eigenvalue weighted by Gasteiger charge is -2.25. The molecule has 0 aromatic carbocycles. The van der Waals surface area contributed by atoms with Gasteiger partial charge in [-0.05, 0) is 6.92 Å². The summed E-state index contributed by atoms with van der Waals surface area (Å²) in [5.74, 6) is 0. The molecule has 2 N–H and O–H groups in total. The Hall–Kier alpha value is -0.0100. The molecule has 1 heterocycles. The van der Waals surface area contributed by atoms with E-state index in [-0.39, 0.29) is 12.2 Å². The highest BCUT2D eigenvalue weighted by Gasteiger charge is 2.41. The molecule has 0 saturated carbocycles. The van der Waals surface area contributed by atoms with Gasteiger partial charge in [0.05, 0.1) is 31.5 Å². The zero-order valence-corrected chi connectivity index (χ0v) is 11.2. The Morgan fingerprint density at radius 2 is 2.24 bits per heavy atom. The van der Waals surface area contributed by atoms with Crippen LogP contribution in [0.2, 0.25) is 0 Å². The first-order valence-corrected chi connectivity index (χ1v) is 7.00. The van der Waals surface area contributed by atoms with Crippen LogP contribution in [0.15, 0.2) is 0 Å². The third-order valence-electron chi connectivity index (χ3n) is 2.55. The molecular weight excluding hydrogens is 249 g/mol. The summed E-state index contributed by atoms with van der Waals surface area (Å²) in [6.07, 6.45) is -0.608. The van der Waals surface area contributed by atoms with Gasteiger partial charge in [0.15, 0.2) is 0 Å². The molecule has 1 unspecified atom stereocenters. The highest BCUT2D eigenvalue weighted by Crippen LogP contribution is 2.38. The Kier molecular flexibility index (Phi) is 6.02. The molecular formula is C9H20NO6P. The number of nitrogens with one attached hydrogen (secondary N) is 1. The van der Waals surface area contributed by atoms with E-state index in [0.29, 0.717) is 19.8 Å². The summed E-state index contributed by atoms with van der Waals surface area (Å²) >= 11 is 0. The fourth-order valence-electron chi connectivity index (χ4n) is 1.75. The minimum Gasteiger partial charge on any atom is -0.382 e. The third-order valence-corrected chi connectivity index (χ3v) is 3.67. The van der Waals surface area contributed by atoms with Crippen LogP contribution >= 0.6 is 7.75 Å². The molecule has 0 amide bonds. The molecule has 1 aliphatic heterocycles. The minimum atomic E-state index is -3.81. The zero-order valence-electron chi connectivity index (χ0n) is 10.3. The summed E-state index contributed by atoms with van der Waals surface area (Å²) < 4.78 is 31.9. The highest BCUT2D eigenvalue weighted by molar-refractivity contribution is 7.50. The second-order valence-corrected chi connectivity index (χ2v) is 5.34. The second kappa shape index (κ2) is 6.80. The molecule has 4 atom stereocenters. The molecule has 8 heteroatoms. The Labute approximate surface area is 101 Å². The van der Waals surface area contributed by atoms with Crippen molar-refractivity contribution in [2.24, 2.45) is 0 Å². The summed E-state index contributed by atoms with van der Waals surface area (Å²) in [4.78, 5) is 9.43. The van der Waals surface area contributed by atoms with Gasteiger partial charge in [-0.2, -0.15) is 0 Å². The van der Waals surface area contributed by atoms with Crippen molar-refractivity contribution >= 4 is 7.75 Å². The molecule has 0 aliphatic carbocycles. The lowest BCUT2D eigenvalue weighted by atomic mass is 10.1. The summed E-state index contributed by atoms with van der Waals surface area (Å²) in [7, 11) is -1.09. The molecule has 1 rings (SSSR count). The van der Waals surface area contributed by atoms with Crippen LogP contribution < -0.4 is 5.09 Å². The molecule has 102 valence electrons. The van der Waals surface area contributed by atoms with Gasteiger partial charge in [-0.25, -0.2) is 9.65 Å². The molecule has 0 aromatic rings. The van der Waals surface area contributed by atoms with Gasteiger partial charge in [-0.3, -0.25) is 0 Å². The van der Waals surface area contributed by atoms with Crippen molar-refractivity contribution in [2.75, 3.05) is 34.0 Å². The van der Waals surface area contributed by atoms with Crippen molar-refractivity contribution in [3.8, 4) is 0 Å². The quantitative estimate of drug-likeness (QED) is 0.636. The van der Waals surface area contributed by atoms with Gasteiger partial charge in [0.1, 0.15) is 0 Å². The minimum absolute atomic E-state index is 0.282. The van der Waals surface area contributed by atoms with Crippen LogP contribution in [0.1, 0.15) is 6.92 Å². The summed E-state index contributed by atoms with van der Waals surface area (Å²) in [5.41, 5.74) is 0. The highest BCUT2D eigenvalue weighted by atomic mass is 31.2. The first-order chi connectivity index (χ1) is 8.04. The van der Waals surface area contributed by atoms with E-state index < -0.39 is 13.8 Å². The predicted octanol–water partition coefficient (Wildman–Crippen LogP) is 0.142. The predicted molar refractivity (Wildman–Crippen MR) is 60.8 cm³/mol. The van der Waals surface area contributed by atoms with Gasteiger partial charge in [-0.15, -0.1) is 0 Å². The number of rotatable bonds is 7. The molecule has 1 aliphatic rings. The monoisotopic (exact) mass is 269 g/mol. The van der Waals surface area contributed by atoms with Crippen LogP contribution in [0.4, 0.5) is 0 Å². The standard InChI is InChI=1S/C9H20NO6P/c1-4-15-8-6-16-7(5-13-2)9(8)10-17(11,12)14-3/h7-9H,4-6H2,1-3H3,(H2,10,11,12)/t7-,8-,9-/m1/s1. The largest absolute Gasteiger partial charge is 0.403 e. The normalized spacial score (nSPS) is 32.6. The molecule has 0 aromatic heterocycles. The fraction of sp³-hybridized carbons (Fsp3) is 1.00. The van der Waals surface area contributed by atoms with Crippen molar-refractivity contribution in [2.45, 2.75) is 25.2 Å². The number of ether oxygens (including phenoxy) is 3. The number of hydrogen-bond donors (Lipinski definition) is 2. The molecule has 0 radical (unpaired) electrons. The van der Waals surface area contributed by atoms with E-state index in [0.717, 1.165) is 0 Å². The second-order valence-electron chi connectivity index (χ2n) is 3.68. The van der Waals surface area contributed by atoms with Crippen molar-refractivity contribution < 1.29 is 28.2 Å². The van der Waals surface area contributed by atoms with E-state index in [1.807, 2.05) is 6.92 Å². The molecule has 1 fully saturated rings. The molecule has 17 heavy (non-hydrogen) atoms. The van der Waals surface area contributed by atoms with Gasteiger partial charge in [-0.1, -0.05) is 0 Å². The van der Waals surface area contributed by atoms with E-state index in [1.165, 1.54) is 7.11 Å². The van der Waals surface area contributed by atoms with Crippen LogP contribution in [0.3, 0.4) is 0 Å². The SMILES string of the molecule is CCO[C@@H]1CO[C@H](COC)[C@H]1NP(=O)(O)OC. The van der Waals surface area contributed by atoms with E-state index in [1.54, 1.807) is 7.11 Å². The Morgan fingerprint density at radius 3 is 2.76 bits per heavy atom. The van der Waals surface area contributed by atoms with E-state index in [9.17, 15) is 9.46 Å². The smallest absolute Gasteiger partial charge is 0.382 e. The topological polar surface area (TPSA) is 86.2 Å². The maximum absolute atomic E-state index is 11.5. The van der Waals surface area contributed by atoms with E-state index in [4.69, 9.17) is 14.2 Å². The summed E-state index contributed by atoms with van der Waals surface area (Å²) in [6, 6.07) is -0.425. The first kappa shape index (κ1) is 15.0. The van der Waals surface area contributed by atoms with Crippen LogP contribution in [0.25, 0.3) is 0 Å². The fourth-order valence-corrected chi connectivity index (χ4v) is 2.57. The maximum atomic E-state index is 11.5. The van der Waals surface area contributed by atoms with Crippen LogP contribution in [0.5, 0.6) is 0 Å². The van der Waals surface area contributed by atoms with Gasteiger partial charge in [0.2, 0.25) is 0 Å². The number of methoxy groups -OCH3 is 1. The summed E-state index contributed by atoms with van der Waals surface area (Å²) in [6.45, 7) is 3.05. The van der Waals surface area contributed by atoms with Crippen molar-refractivity contribution in [1.82, 2.24) is 5.09 Å². The van der Waals surface area contributed by atoms with Crippen LogP contribution in [-0.4, -0.2) is 57.2 Å². The molecule has 1 saturated heterocycles. The van der Waals surface area contributed by atoms with Crippen molar-refractivity contribution in [3.63, 3.8) is 0 Å². The van der Waals surface area contributed by atoms with Gasteiger partial charge < -0.3 is 23.6 Å². The lowest BCUT2D eigenvalue weighted by Crippen LogP contribution is -2.45. The molecule has 0 spiro atoms. The molecule has 7 nitrogen and oxygen atoms in total. The van der Waals surface area contributed by atoms with Gasteiger partial charge in [0.25, 0.3) is 0 Å². The Bertz CT molecular complexity index is 262. The maximum Gasteiger partial charge on any atom is 0.403 e. The van der Waals surface area contributed by atoms with Crippen molar-refractivity contribution in [3.05, 3.63) is 0 Å². The average molecular weight is 269 g/mol. The lowest BCUT2D eigenvalue weighted by molar-refractivity contribution is 0.0232. The van der Waals surface area contributed by atoms with Crippen LogP contribution in [0, 0.1) is 0 Å². The van der Waals surface area contributed by atoms with Gasteiger partial charge >= 0.3 is 7.75 Å². The Balaban J connectivity index is 2.67. The van der Waals surface area contributed by atoms with Gasteiger partial charge in [0, 0.05) is 20.8 Å². The number of hydrogen-bond acceptors (Lipinski definition) is 5. The summed E-state index contributed by atoms with van der Waals surface area (Å²) in [5, 5.41) is 2.53. The average Bonchev–Trinajstić information content (AvgIpc) is 2.63. The van der Waals surface area contributed by atoms with E-state index >= 15 is 0 Å². The zero-order chi connectivity index (χ0) is 12.9. The third kappa shape index (κ3) is 4.30.